The average Bonchev–Trinajstić information content (AvgIpc) is 3.03. The molecule has 0 aliphatic heterocycles. The Morgan fingerprint density at radius 1 is 1.41 bits per heavy atom. The molecule has 3 rings (SSSR count). The zero-order valence-electron chi connectivity index (χ0n) is 12.0. The molecule has 1 aliphatic carbocycles. The molecule has 7 heteroatoms. The van der Waals surface area contributed by atoms with Crippen LogP contribution < -0.4 is 5.32 Å². The Hall–Kier alpha value is -1.65. The summed E-state index contributed by atoms with van der Waals surface area (Å²) in [6.45, 7) is 0. The van der Waals surface area contributed by atoms with Gasteiger partial charge in [-0.1, -0.05) is 31.0 Å². The van der Waals surface area contributed by atoms with Crippen molar-refractivity contribution in [1.29, 1.82) is 5.26 Å². The number of nitrogens with zero attached hydrogens (tertiary/aromatic N) is 3. The number of fused-ring (bicyclic) bond motifs is 1. The topological polar surface area (TPSA) is 78.7 Å². The number of rotatable bonds is 4. The fraction of sp³-hybridized carbons (Fsp3) is 0.467. The highest BCUT2D eigenvalue weighted by atomic mass is 32.2. The smallest absolute Gasteiger partial charge is 0.231 e. The summed E-state index contributed by atoms with van der Waals surface area (Å²) >= 11 is 2.95. The number of hydrogen-bond acceptors (Lipinski definition) is 6. The number of carbonyl (C=O) groups is 1. The zero-order valence-corrected chi connectivity index (χ0v) is 13.7. The van der Waals surface area contributed by atoms with Crippen molar-refractivity contribution < 1.29 is 4.79 Å². The van der Waals surface area contributed by atoms with Crippen molar-refractivity contribution >= 4 is 39.2 Å². The first-order valence-corrected chi connectivity index (χ1v) is 9.12. The molecule has 0 atom stereocenters. The van der Waals surface area contributed by atoms with Crippen LogP contribution in [0.2, 0.25) is 0 Å². The van der Waals surface area contributed by atoms with E-state index in [1.807, 2.05) is 11.4 Å². The minimum atomic E-state index is -0.667. The van der Waals surface area contributed by atoms with Gasteiger partial charge in [0.1, 0.15) is 21.7 Å². The van der Waals surface area contributed by atoms with E-state index in [0.29, 0.717) is 0 Å². The summed E-state index contributed by atoms with van der Waals surface area (Å²) in [5.41, 5.74) is -0.667. The molecule has 1 amide bonds. The van der Waals surface area contributed by atoms with Gasteiger partial charge in [0.05, 0.1) is 11.8 Å². The Kier molecular flexibility index (Phi) is 4.60. The lowest BCUT2D eigenvalue weighted by molar-refractivity contribution is -0.120. The quantitative estimate of drug-likeness (QED) is 0.687. The van der Waals surface area contributed by atoms with E-state index in [4.69, 9.17) is 0 Å². The second kappa shape index (κ2) is 6.63. The molecule has 1 fully saturated rings. The van der Waals surface area contributed by atoms with E-state index in [1.165, 1.54) is 18.1 Å². The lowest BCUT2D eigenvalue weighted by atomic mass is 9.83. The van der Waals surface area contributed by atoms with E-state index in [1.54, 1.807) is 11.3 Å². The summed E-state index contributed by atoms with van der Waals surface area (Å²) in [7, 11) is 0. The zero-order chi connectivity index (χ0) is 15.4. The Balaban J connectivity index is 1.63. The summed E-state index contributed by atoms with van der Waals surface area (Å²) in [6, 6.07) is 4.28. The SMILES string of the molecule is N#CC1(NC(=O)CSc2ncnc3sccc23)CCCCC1. The van der Waals surface area contributed by atoms with Gasteiger partial charge in [0.2, 0.25) is 5.91 Å². The second-order valence-corrected chi connectivity index (χ2v) is 7.27. The van der Waals surface area contributed by atoms with Gasteiger partial charge in [-0.3, -0.25) is 4.79 Å². The van der Waals surface area contributed by atoms with Gasteiger partial charge >= 0.3 is 0 Å². The fourth-order valence-electron chi connectivity index (χ4n) is 2.74. The molecule has 114 valence electrons. The highest BCUT2D eigenvalue weighted by Crippen LogP contribution is 2.29. The summed E-state index contributed by atoms with van der Waals surface area (Å²) in [6.07, 6.45) is 6.18. The lowest BCUT2D eigenvalue weighted by Gasteiger charge is -2.31. The van der Waals surface area contributed by atoms with E-state index >= 15 is 0 Å². The normalized spacial score (nSPS) is 17.0. The van der Waals surface area contributed by atoms with Gasteiger partial charge < -0.3 is 5.32 Å². The van der Waals surface area contributed by atoms with E-state index < -0.39 is 5.54 Å². The van der Waals surface area contributed by atoms with Gasteiger partial charge in [-0.15, -0.1) is 11.3 Å². The molecule has 0 aromatic carbocycles. The van der Waals surface area contributed by atoms with Crippen LogP contribution in [0.4, 0.5) is 0 Å². The van der Waals surface area contributed by atoms with Gasteiger partial charge in [-0.2, -0.15) is 5.26 Å². The maximum atomic E-state index is 12.2. The van der Waals surface area contributed by atoms with E-state index in [2.05, 4.69) is 21.4 Å². The number of carbonyl (C=O) groups excluding carboxylic acids is 1. The van der Waals surface area contributed by atoms with Crippen molar-refractivity contribution in [3.8, 4) is 6.07 Å². The molecule has 2 aromatic heterocycles. The first kappa shape index (κ1) is 15.3. The number of hydrogen-bond donors (Lipinski definition) is 1. The van der Waals surface area contributed by atoms with Crippen LogP contribution in [0.25, 0.3) is 10.2 Å². The van der Waals surface area contributed by atoms with Crippen LogP contribution in [0.1, 0.15) is 32.1 Å². The number of nitriles is 1. The third-order valence-electron chi connectivity index (χ3n) is 3.86. The summed E-state index contributed by atoms with van der Waals surface area (Å²) in [5, 5.41) is 16.1. The molecule has 1 saturated carbocycles. The van der Waals surface area contributed by atoms with Crippen molar-refractivity contribution in [1.82, 2.24) is 15.3 Å². The number of amides is 1. The Morgan fingerprint density at radius 3 is 3.00 bits per heavy atom. The first-order chi connectivity index (χ1) is 10.7. The predicted molar refractivity (Wildman–Crippen MR) is 87.7 cm³/mol. The standard InChI is InChI=1S/C15H16N4OS2/c16-9-15(5-2-1-3-6-15)19-12(20)8-22-14-11-4-7-21-13(11)17-10-18-14/h4,7,10H,1-3,5-6,8H2,(H,19,20). The van der Waals surface area contributed by atoms with Crippen molar-refractivity contribution in [2.45, 2.75) is 42.7 Å². The molecular weight excluding hydrogens is 316 g/mol. The van der Waals surface area contributed by atoms with E-state index in [-0.39, 0.29) is 11.7 Å². The van der Waals surface area contributed by atoms with Crippen molar-refractivity contribution in [2.24, 2.45) is 0 Å². The van der Waals surface area contributed by atoms with Gasteiger partial charge in [-0.05, 0) is 24.3 Å². The van der Waals surface area contributed by atoms with Crippen molar-refractivity contribution in [3.63, 3.8) is 0 Å². The Bertz CT molecular complexity index is 716. The maximum absolute atomic E-state index is 12.2. The Labute approximate surface area is 137 Å². The lowest BCUT2D eigenvalue weighted by Crippen LogP contribution is -2.49. The molecule has 2 aromatic rings. The molecule has 1 N–H and O–H groups in total. The molecule has 0 bridgehead atoms. The van der Waals surface area contributed by atoms with Crippen LogP contribution in [-0.2, 0) is 4.79 Å². The summed E-state index contributed by atoms with van der Waals surface area (Å²) < 4.78 is 0. The van der Waals surface area contributed by atoms with Crippen LogP contribution in [-0.4, -0.2) is 27.2 Å². The second-order valence-electron chi connectivity index (χ2n) is 5.41. The number of nitrogens with one attached hydrogen (secondary N) is 1. The molecule has 1 aliphatic rings. The molecule has 0 saturated heterocycles. The summed E-state index contributed by atoms with van der Waals surface area (Å²) in [5.74, 6) is 0.168. The first-order valence-electron chi connectivity index (χ1n) is 7.26. The maximum Gasteiger partial charge on any atom is 0.231 e. The minimum Gasteiger partial charge on any atom is -0.337 e. The number of aromatic nitrogens is 2. The third-order valence-corrected chi connectivity index (χ3v) is 5.69. The van der Waals surface area contributed by atoms with Crippen LogP contribution in [0.3, 0.4) is 0 Å². The van der Waals surface area contributed by atoms with Gasteiger partial charge in [0, 0.05) is 5.39 Å². The molecule has 5 nitrogen and oxygen atoms in total. The predicted octanol–water partition coefficient (Wildman–Crippen LogP) is 3.13. The highest BCUT2D eigenvalue weighted by molar-refractivity contribution is 8.00. The summed E-state index contributed by atoms with van der Waals surface area (Å²) in [4.78, 5) is 21.6. The van der Waals surface area contributed by atoms with Crippen LogP contribution in [0, 0.1) is 11.3 Å². The van der Waals surface area contributed by atoms with E-state index in [9.17, 15) is 10.1 Å². The molecule has 2 heterocycles. The molecule has 0 unspecified atom stereocenters. The largest absolute Gasteiger partial charge is 0.337 e. The van der Waals surface area contributed by atoms with Gasteiger partial charge in [0.25, 0.3) is 0 Å². The van der Waals surface area contributed by atoms with Crippen LogP contribution >= 0.6 is 23.1 Å². The fourth-order valence-corrected chi connectivity index (χ4v) is 4.32. The van der Waals surface area contributed by atoms with Crippen LogP contribution in [0.5, 0.6) is 0 Å². The third kappa shape index (κ3) is 3.23. The van der Waals surface area contributed by atoms with Gasteiger partial charge in [-0.25, -0.2) is 9.97 Å². The molecule has 0 radical (unpaired) electrons. The Morgan fingerprint density at radius 2 is 2.23 bits per heavy atom. The van der Waals surface area contributed by atoms with Crippen molar-refractivity contribution in [3.05, 3.63) is 17.8 Å². The molecule has 22 heavy (non-hydrogen) atoms. The van der Waals surface area contributed by atoms with Crippen LogP contribution in [0.15, 0.2) is 22.8 Å². The number of thiophene rings is 1. The minimum absolute atomic E-state index is 0.101. The average molecular weight is 332 g/mol. The van der Waals surface area contributed by atoms with E-state index in [0.717, 1.165) is 47.3 Å². The van der Waals surface area contributed by atoms with Crippen molar-refractivity contribution in [2.75, 3.05) is 5.75 Å². The van der Waals surface area contributed by atoms with Gasteiger partial charge in [0.15, 0.2) is 0 Å². The highest BCUT2D eigenvalue weighted by Gasteiger charge is 2.33. The molecular formula is C15H16N4OS2. The monoisotopic (exact) mass is 332 g/mol. The molecule has 0 spiro atoms. The number of thioether (sulfide) groups is 1.